The molecule has 82 heavy (non-hydrogen) atoms. The van der Waals surface area contributed by atoms with Crippen molar-refractivity contribution in [3.63, 3.8) is 0 Å². The number of hydrogen-bond acceptors (Lipinski definition) is 1. The van der Waals surface area contributed by atoms with Crippen LogP contribution in [0.5, 0.6) is 0 Å². The molecule has 0 atom stereocenters. The Labute approximate surface area is 454 Å². The van der Waals surface area contributed by atoms with Crippen molar-refractivity contribution in [1.82, 2.24) is 0 Å². The minimum atomic E-state index is -7.22. The van der Waals surface area contributed by atoms with E-state index in [2.05, 4.69) is 60.0 Å². The lowest BCUT2D eigenvalue weighted by molar-refractivity contribution is -0.646. The summed E-state index contributed by atoms with van der Waals surface area (Å²) in [6.07, 6.45) is 7.61. The van der Waals surface area contributed by atoms with Crippen molar-refractivity contribution in [2.45, 2.75) is 84.1 Å². The van der Waals surface area contributed by atoms with E-state index in [0.29, 0.717) is 6.54 Å². The van der Waals surface area contributed by atoms with Crippen molar-refractivity contribution in [3.8, 4) is 11.3 Å². The summed E-state index contributed by atoms with van der Waals surface area (Å²) in [7, 11) is 0. The average Bonchev–Trinajstić information content (AvgIpc) is 2.40. The van der Waals surface area contributed by atoms with Gasteiger partial charge in [-0.15, -0.1) is 21.9 Å². The SMILES string of the molecule is CCCCCCCCCCCCc1ccc(-c2ccc3ccccc3[n+]2CC(=O)c2ccccc2)cc1.Fc1c(F)c(F)c([B-](c2c(F)c(F)c(F)c(F)c2F)(c2c(F)c(F)c(F)c(F)c2F)c2c(F)c(F)c(F)c(F)c2F)c(F)c1F. The number of pyridine rings is 1. The second-order valence-corrected chi connectivity index (χ2v) is 19.1. The molecule has 1 heterocycles. The lowest BCUT2D eigenvalue weighted by Crippen LogP contribution is -2.81. The van der Waals surface area contributed by atoms with E-state index in [0.717, 1.165) is 34.1 Å². The molecule has 23 heteroatoms. The minimum absolute atomic E-state index is 0.126. The molecule has 0 spiro atoms. The lowest BCUT2D eigenvalue weighted by atomic mass is 9.12. The van der Waals surface area contributed by atoms with Crippen molar-refractivity contribution in [1.29, 1.82) is 0 Å². The van der Waals surface area contributed by atoms with Crippen LogP contribution in [0.3, 0.4) is 0 Å². The van der Waals surface area contributed by atoms with Crippen LogP contribution in [0.4, 0.5) is 87.8 Å². The zero-order chi connectivity index (χ0) is 60.1. The Balaban J connectivity index is 0.000000240. The molecular formula is C59H42BF20NO. The molecule has 0 N–H and O–H groups in total. The summed E-state index contributed by atoms with van der Waals surface area (Å²) in [6.45, 7) is 2.60. The number of nitrogens with zero attached hydrogens (tertiary/aromatic N) is 1. The number of aryl methyl sites for hydroxylation is 1. The van der Waals surface area contributed by atoms with E-state index < -0.39 is 144 Å². The predicted molar refractivity (Wildman–Crippen MR) is 265 cm³/mol. The van der Waals surface area contributed by atoms with Crippen molar-refractivity contribution in [2.75, 3.05) is 0 Å². The van der Waals surface area contributed by atoms with Crippen molar-refractivity contribution >= 4 is 44.7 Å². The van der Waals surface area contributed by atoms with Gasteiger partial charge in [0.25, 0.3) is 0 Å². The first-order chi connectivity index (χ1) is 39.0. The second-order valence-electron chi connectivity index (χ2n) is 19.1. The minimum Gasteiger partial charge on any atom is -0.287 e. The van der Waals surface area contributed by atoms with Crippen LogP contribution in [0.2, 0.25) is 0 Å². The van der Waals surface area contributed by atoms with Crippen LogP contribution >= 0.6 is 0 Å². The number of benzene rings is 7. The first-order valence-electron chi connectivity index (χ1n) is 25.3. The predicted octanol–water partition coefficient (Wildman–Crippen LogP) is 15.0. The average molecular weight is 1170 g/mol. The molecule has 0 aliphatic rings. The summed E-state index contributed by atoms with van der Waals surface area (Å²) in [5.74, 6) is -71.3. The zero-order valence-corrected chi connectivity index (χ0v) is 42.6. The maximum Gasteiger partial charge on any atom is 0.227 e. The molecule has 0 saturated heterocycles. The quantitative estimate of drug-likeness (QED) is 0.0150. The van der Waals surface area contributed by atoms with Gasteiger partial charge in [0, 0.05) is 28.6 Å². The van der Waals surface area contributed by atoms with E-state index in [4.69, 9.17) is 0 Å². The smallest absolute Gasteiger partial charge is 0.227 e. The maximum absolute atomic E-state index is 15.4. The number of carbonyl (C=O) groups excluding carboxylic acids is 1. The largest absolute Gasteiger partial charge is 0.287 e. The van der Waals surface area contributed by atoms with E-state index in [-0.39, 0.29) is 5.78 Å². The molecule has 1 aromatic heterocycles. The maximum atomic E-state index is 15.4. The summed E-state index contributed by atoms with van der Waals surface area (Å²) in [5.41, 5.74) is -8.87. The highest BCUT2D eigenvalue weighted by molar-refractivity contribution is 7.20. The molecule has 0 aliphatic carbocycles. The number of rotatable bonds is 19. The molecule has 7 aromatic carbocycles. The fourth-order valence-corrected chi connectivity index (χ4v) is 10.1. The molecule has 0 radical (unpaired) electrons. The van der Waals surface area contributed by atoms with Crippen LogP contribution in [-0.2, 0) is 13.0 Å². The van der Waals surface area contributed by atoms with Gasteiger partial charge in [-0.1, -0.05) is 119 Å². The Hall–Kier alpha value is -7.72. The van der Waals surface area contributed by atoms with Gasteiger partial charge < -0.3 is 0 Å². The van der Waals surface area contributed by atoms with E-state index in [1.807, 2.05) is 42.5 Å². The van der Waals surface area contributed by atoms with Gasteiger partial charge in [-0.25, -0.2) is 87.8 Å². The van der Waals surface area contributed by atoms with Crippen molar-refractivity contribution in [3.05, 3.63) is 218 Å². The van der Waals surface area contributed by atoms with E-state index in [1.54, 1.807) is 0 Å². The first-order valence-corrected chi connectivity index (χ1v) is 25.3. The van der Waals surface area contributed by atoms with Gasteiger partial charge in [0.1, 0.15) is 52.7 Å². The highest BCUT2D eigenvalue weighted by Crippen LogP contribution is 2.31. The highest BCUT2D eigenvalue weighted by Gasteiger charge is 2.52. The summed E-state index contributed by atoms with van der Waals surface area (Å²) in [6, 6.07) is 31.2. The molecule has 0 fully saturated rings. The molecule has 432 valence electrons. The standard InChI is InChI=1S/C35H42NO.C24BF20/c1-2-3-4-5-6-7-8-9-10-12-17-29-22-24-31(25-23-29)34-27-26-30-18-15-16-21-33(30)36(34)28-35(37)32-19-13-11-14-20-32;26-5-1(6(27)14(35)21(42)13(5)34)25(2-7(28)15(36)22(43)16(37)8(2)29,3-9(30)17(38)23(44)18(39)10(3)31)4-11(32)19(40)24(45)20(41)12(4)33/h11,13-16,18-27H,2-10,12,17,28H2,1H3;/q+1;-1. The first kappa shape index (κ1) is 61.9. The molecule has 0 aliphatic heterocycles. The summed E-state index contributed by atoms with van der Waals surface area (Å²) in [5, 5.41) is 1.14. The Bertz CT molecular complexity index is 3310. The Morgan fingerprint density at radius 3 is 1.06 bits per heavy atom. The summed E-state index contributed by atoms with van der Waals surface area (Å²) < 4.78 is 296. The number of ketones is 1. The third kappa shape index (κ3) is 11.6. The Morgan fingerprint density at radius 2 is 0.683 bits per heavy atom. The summed E-state index contributed by atoms with van der Waals surface area (Å²) in [4.78, 5) is 13.1. The number of halogens is 20. The van der Waals surface area contributed by atoms with Gasteiger partial charge in [0.05, 0.1) is 0 Å². The third-order valence-electron chi connectivity index (χ3n) is 14.1. The normalized spacial score (nSPS) is 11.6. The van der Waals surface area contributed by atoms with E-state index >= 15 is 35.1 Å². The monoisotopic (exact) mass is 1170 g/mol. The number of Topliss-reactive ketones (excluding diaryl/α,β-unsaturated/α-hetero) is 1. The molecule has 0 amide bonds. The van der Waals surface area contributed by atoms with Gasteiger partial charge in [-0.05, 0) is 42.7 Å². The molecule has 8 rings (SSSR count). The van der Waals surface area contributed by atoms with Gasteiger partial charge in [0.2, 0.25) is 23.5 Å². The molecule has 0 unspecified atom stereocenters. The molecule has 2 nitrogen and oxygen atoms in total. The fourth-order valence-electron chi connectivity index (χ4n) is 10.1. The third-order valence-corrected chi connectivity index (χ3v) is 14.1. The highest BCUT2D eigenvalue weighted by atomic mass is 19.2. The van der Waals surface area contributed by atoms with Crippen LogP contribution in [0, 0.1) is 116 Å². The van der Waals surface area contributed by atoms with Crippen LogP contribution in [0.1, 0.15) is 87.1 Å². The molecule has 0 bridgehead atoms. The van der Waals surface area contributed by atoms with Gasteiger partial charge in [0.15, 0.2) is 69.8 Å². The topological polar surface area (TPSA) is 20.9 Å². The van der Waals surface area contributed by atoms with Gasteiger partial charge >= 0.3 is 0 Å². The lowest BCUT2D eigenvalue weighted by Gasteiger charge is -2.44. The van der Waals surface area contributed by atoms with Gasteiger partial charge in [-0.2, -0.15) is 4.57 Å². The van der Waals surface area contributed by atoms with Crippen molar-refractivity contribution in [2.24, 2.45) is 0 Å². The van der Waals surface area contributed by atoms with Gasteiger partial charge in [-0.3, -0.25) is 4.79 Å². The molecule has 0 saturated carbocycles. The van der Waals surface area contributed by atoms with Crippen LogP contribution in [0.15, 0.2) is 91.0 Å². The van der Waals surface area contributed by atoms with E-state index in [9.17, 15) is 57.5 Å². The Morgan fingerprint density at radius 1 is 0.354 bits per heavy atom. The number of fused-ring (bicyclic) bond motifs is 1. The van der Waals surface area contributed by atoms with E-state index in [1.165, 1.54) is 69.8 Å². The second kappa shape index (κ2) is 26.0. The number of carbonyl (C=O) groups is 1. The number of hydrogen-bond donors (Lipinski definition) is 0. The van der Waals surface area contributed by atoms with Crippen LogP contribution in [-0.4, -0.2) is 11.9 Å². The summed E-state index contributed by atoms with van der Waals surface area (Å²) >= 11 is 0. The molecular weight excluding hydrogens is 1130 g/mol. The number of unbranched alkanes of at least 4 members (excludes halogenated alkanes) is 9. The van der Waals surface area contributed by atoms with Crippen LogP contribution < -0.4 is 26.4 Å². The number of aromatic nitrogens is 1. The van der Waals surface area contributed by atoms with Crippen molar-refractivity contribution < 1.29 is 97.2 Å². The molecule has 8 aromatic rings. The zero-order valence-electron chi connectivity index (χ0n) is 42.6. The van der Waals surface area contributed by atoms with Crippen LogP contribution in [0.25, 0.3) is 22.2 Å². The Kier molecular flexibility index (Phi) is 19.6. The number of para-hydroxylation sites is 1. The fraction of sp³-hybridized carbons (Fsp3) is 0.220.